The smallest absolute Gasteiger partial charge is 0.145 e. The Balaban J connectivity index is 2.06. The summed E-state index contributed by atoms with van der Waals surface area (Å²) >= 11 is 0. The molecule has 1 fully saturated rings. The summed E-state index contributed by atoms with van der Waals surface area (Å²) in [6, 6.07) is 6.74. The molecule has 2 rings (SSSR count). The maximum atomic E-state index is 13.8. The van der Waals surface area contributed by atoms with Crippen molar-refractivity contribution < 1.29 is 9.50 Å². The van der Waals surface area contributed by atoms with E-state index in [0.717, 1.165) is 25.9 Å². The fourth-order valence-electron chi connectivity index (χ4n) is 2.11. The van der Waals surface area contributed by atoms with Gasteiger partial charge in [-0.25, -0.2) is 4.39 Å². The molecule has 4 heteroatoms. The second kappa shape index (κ2) is 5.26. The lowest BCUT2D eigenvalue weighted by Crippen LogP contribution is -2.35. The van der Waals surface area contributed by atoms with Crippen LogP contribution in [0.2, 0.25) is 0 Å². The molecule has 1 aromatic carbocycles. The van der Waals surface area contributed by atoms with Crippen LogP contribution in [-0.4, -0.2) is 29.2 Å². The minimum atomic E-state index is -0.416. The predicted molar refractivity (Wildman–Crippen MR) is 61.6 cm³/mol. The predicted octanol–water partition coefficient (Wildman–Crippen LogP) is 1.65. The van der Waals surface area contributed by atoms with E-state index in [0.29, 0.717) is 12.1 Å². The Bertz CT molecular complexity index is 434. The SMILES string of the molecule is N#Cc1cccc(CN2CCC(O)CC2)c1F. The van der Waals surface area contributed by atoms with Crippen LogP contribution in [0.4, 0.5) is 4.39 Å². The number of hydrogen-bond donors (Lipinski definition) is 1. The molecule has 0 spiro atoms. The number of piperidine rings is 1. The maximum Gasteiger partial charge on any atom is 0.145 e. The Kier molecular flexibility index (Phi) is 3.72. The van der Waals surface area contributed by atoms with E-state index in [4.69, 9.17) is 5.26 Å². The van der Waals surface area contributed by atoms with Gasteiger partial charge >= 0.3 is 0 Å². The molecule has 1 aliphatic heterocycles. The Labute approximate surface area is 100 Å². The van der Waals surface area contributed by atoms with Crippen LogP contribution in [0.3, 0.4) is 0 Å². The van der Waals surface area contributed by atoms with E-state index in [1.807, 2.05) is 6.07 Å². The van der Waals surface area contributed by atoms with Gasteiger partial charge in [0.15, 0.2) is 0 Å². The van der Waals surface area contributed by atoms with E-state index in [1.165, 1.54) is 6.07 Å². The Morgan fingerprint density at radius 1 is 1.41 bits per heavy atom. The minimum Gasteiger partial charge on any atom is -0.393 e. The first kappa shape index (κ1) is 12.0. The van der Waals surface area contributed by atoms with Crippen molar-refractivity contribution in [2.75, 3.05) is 13.1 Å². The van der Waals surface area contributed by atoms with Gasteiger partial charge in [-0.1, -0.05) is 12.1 Å². The van der Waals surface area contributed by atoms with Gasteiger partial charge in [0.05, 0.1) is 11.7 Å². The summed E-state index contributed by atoms with van der Waals surface area (Å²) in [6.45, 7) is 2.06. The number of aliphatic hydroxyl groups is 1. The molecule has 1 aliphatic rings. The number of aliphatic hydroxyl groups excluding tert-OH is 1. The van der Waals surface area contributed by atoms with Crippen molar-refractivity contribution in [1.29, 1.82) is 5.26 Å². The standard InChI is InChI=1S/C13H15FN2O/c14-13-10(8-15)2-1-3-11(13)9-16-6-4-12(17)5-7-16/h1-3,12,17H,4-7,9H2. The molecule has 17 heavy (non-hydrogen) atoms. The summed E-state index contributed by atoms with van der Waals surface area (Å²) < 4.78 is 13.8. The van der Waals surface area contributed by atoms with E-state index in [2.05, 4.69) is 4.90 Å². The highest BCUT2D eigenvalue weighted by Gasteiger charge is 2.18. The Morgan fingerprint density at radius 3 is 2.76 bits per heavy atom. The highest BCUT2D eigenvalue weighted by molar-refractivity contribution is 5.34. The number of halogens is 1. The van der Waals surface area contributed by atoms with Crippen LogP contribution in [-0.2, 0) is 6.54 Å². The van der Waals surface area contributed by atoms with Crippen molar-refractivity contribution in [3.05, 3.63) is 35.1 Å². The highest BCUT2D eigenvalue weighted by atomic mass is 19.1. The van der Waals surface area contributed by atoms with Crippen LogP contribution in [0.5, 0.6) is 0 Å². The van der Waals surface area contributed by atoms with Crippen molar-refractivity contribution in [2.45, 2.75) is 25.5 Å². The lowest BCUT2D eigenvalue weighted by Gasteiger charge is -2.29. The molecule has 90 valence electrons. The molecule has 0 radical (unpaired) electrons. The molecule has 0 amide bonds. The average molecular weight is 234 g/mol. The third kappa shape index (κ3) is 2.82. The van der Waals surface area contributed by atoms with Crippen LogP contribution in [0.25, 0.3) is 0 Å². The molecule has 1 saturated heterocycles. The fourth-order valence-corrected chi connectivity index (χ4v) is 2.11. The first-order valence-electron chi connectivity index (χ1n) is 5.78. The van der Waals surface area contributed by atoms with Crippen molar-refractivity contribution >= 4 is 0 Å². The normalized spacial score (nSPS) is 17.9. The minimum absolute atomic E-state index is 0.0968. The van der Waals surface area contributed by atoms with Crippen molar-refractivity contribution in [2.24, 2.45) is 0 Å². The summed E-state index contributed by atoms with van der Waals surface area (Å²) in [6.07, 6.45) is 1.25. The Hall–Kier alpha value is -1.44. The quantitative estimate of drug-likeness (QED) is 0.846. The van der Waals surface area contributed by atoms with Gasteiger partial charge in [-0.15, -0.1) is 0 Å². The number of nitrogens with zero attached hydrogens (tertiary/aromatic N) is 2. The highest BCUT2D eigenvalue weighted by Crippen LogP contribution is 2.17. The summed E-state index contributed by atoms with van der Waals surface area (Å²) in [5.41, 5.74) is 0.653. The molecule has 0 bridgehead atoms. The second-order valence-electron chi connectivity index (χ2n) is 4.40. The first-order valence-corrected chi connectivity index (χ1v) is 5.78. The van der Waals surface area contributed by atoms with Gasteiger partial charge in [0.2, 0.25) is 0 Å². The molecule has 1 aromatic rings. The number of benzene rings is 1. The van der Waals surface area contributed by atoms with E-state index in [9.17, 15) is 9.50 Å². The third-order valence-electron chi connectivity index (χ3n) is 3.15. The number of likely N-dealkylation sites (tertiary alicyclic amines) is 1. The van der Waals surface area contributed by atoms with E-state index >= 15 is 0 Å². The van der Waals surface area contributed by atoms with Crippen LogP contribution in [0, 0.1) is 17.1 Å². The molecule has 0 atom stereocenters. The van der Waals surface area contributed by atoms with Crippen LogP contribution >= 0.6 is 0 Å². The summed E-state index contributed by atoms with van der Waals surface area (Å²) in [7, 11) is 0. The van der Waals surface area contributed by atoms with Crippen LogP contribution in [0.15, 0.2) is 18.2 Å². The Morgan fingerprint density at radius 2 is 2.12 bits per heavy atom. The van der Waals surface area contributed by atoms with Gasteiger partial charge < -0.3 is 5.11 Å². The summed E-state index contributed by atoms with van der Waals surface area (Å²) in [5, 5.41) is 18.1. The zero-order valence-corrected chi connectivity index (χ0v) is 9.56. The number of rotatable bonds is 2. The zero-order valence-electron chi connectivity index (χ0n) is 9.56. The lowest BCUT2D eigenvalue weighted by molar-refractivity contribution is 0.0787. The molecule has 1 heterocycles. The third-order valence-corrected chi connectivity index (χ3v) is 3.15. The van der Waals surface area contributed by atoms with Gasteiger partial charge in [-0.2, -0.15) is 5.26 Å². The van der Waals surface area contributed by atoms with Crippen LogP contribution in [0.1, 0.15) is 24.0 Å². The van der Waals surface area contributed by atoms with E-state index in [-0.39, 0.29) is 11.7 Å². The molecule has 1 N–H and O–H groups in total. The number of hydrogen-bond acceptors (Lipinski definition) is 3. The second-order valence-corrected chi connectivity index (χ2v) is 4.40. The molecule has 0 saturated carbocycles. The van der Waals surface area contributed by atoms with E-state index in [1.54, 1.807) is 12.1 Å². The molecule has 0 unspecified atom stereocenters. The molecular weight excluding hydrogens is 219 g/mol. The van der Waals surface area contributed by atoms with Crippen LogP contribution < -0.4 is 0 Å². The van der Waals surface area contributed by atoms with Crippen molar-refractivity contribution in [3.63, 3.8) is 0 Å². The van der Waals surface area contributed by atoms with Crippen molar-refractivity contribution in [1.82, 2.24) is 4.90 Å². The summed E-state index contributed by atoms with van der Waals surface area (Å²) in [5.74, 6) is -0.416. The summed E-state index contributed by atoms with van der Waals surface area (Å²) in [4.78, 5) is 2.10. The molecule has 3 nitrogen and oxygen atoms in total. The van der Waals surface area contributed by atoms with Gasteiger partial charge in [-0.3, -0.25) is 4.90 Å². The monoisotopic (exact) mass is 234 g/mol. The molecule has 0 aromatic heterocycles. The van der Waals surface area contributed by atoms with Gasteiger partial charge in [-0.05, 0) is 18.9 Å². The lowest BCUT2D eigenvalue weighted by atomic mass is 10.1. The fraction of sp³-hybridized carbons (Fsp3) is 0.462. The number of nitriles is 1. The zero-order chi connectivity index (χ0) is 12.3. The van der Waals surface area contributed by atoms with Gasteiger partial charge in [0.1, 0.15) is 11.9 Å². The van der Waals surface area contributed by atoms with E-state index < -0.39 is 5.82 Å². The van der Waals surface area contributed by atoms with Crippen molar-refractivity contribution in [3.8, 4) is 6.07 Å². The average Bonchev–Trinajstić information content (AvgIpc) is 2.35. The molecule has 0 aliphatic carbocycles. The van der Waals surface area contributed by atoms with Gasteiger partial charge in [0.25, 0.3) is 0 Å². The van der Waals surface area contributed by atoms with Gasteiger partial charge in [0, 0.05) is 25.2 Å². The topological polar surface area (TPSA) is 47.3 Å². The maximum absolute atomic E-state index is 13.8. The largest absolute Gasteiger partial charge is 0.393 e. The first-order chi connectivity index (χ1) is 8.20. The molecular formula is C13H15FN2O.